The molecule has 5 rings (SSSR count). The number of aliphatic imine (C=N–C) groups is 2. The molecule has 0 atom stereocenters. The van der Waals surface area contributed by atoms with E-state index in [-0.39, 0.29) is 0 Å². The lowest BCUT2D eigenvalue weighted by Crippen LogP contribution is -2.01. The number of nitrogens with zero attached hydrogens (tertiary/aromatic N) is 2. The normalized spacial score (nSPS) is 16.7. The number of hydrogen-bond acceptors (Lipinski definition) is 4. The molecule has 0 bridgehead atoms. The molecule has 4 aromatic rings. The van der Waals surface area contributed by atoms with Crippen LogP contribution < -0.4 is 0 Å². The molecule has 0 unspecified atom stereocenters. The summed E-state index contributed by atoms with van der Waals surface area (Å²) in [6, 6.07) is 23.5. The Morgan fingerprint density at radius 1 is 0.929 bits per heavy atom. The maximum atomic E-state index is 4.82. The first-order valence-corrected chi connectivity index (χ1v) is 10.9. The highest BCUT2D eigenvalue weighted by Gasteiger charge is 2.27. The highest BCUT2D eigenvalue weighted by molar-refractivity contribution is 8.05. The molecule has 0 amide bonds. The van der Waals surface area contributed by atoms with E-state index in [0.717, 1.165) is 28.4 Å². The van der Waals surface area contributed by atoms with E-state index in [1.54, 1.807) is 11.8 Å². The van der Waals surface area contributed by atoms with Gasteiger partial charge in [0.15, 0.2) is 0 Å². The summed E-state index contributed by atoms with van der Waals surface area (Å²) in [5.74, 6) is 0. The van der Waals surface area contributed by atoms with E-state index in [1.165, 1.54) is 30.6 Å². The van der Waals surface area contributed by atoms with Crippen molar-refractivity contribution in [3.8, 4) is 0 Å². The van der Waals surface area contributed by atoms with Crippen LogP contribution in [0.4, 0.5) is 0 Å². The summed E-state index contributed by atoms with van der Waals surface area (Å²) in [7, 11) is 0. The molecule has 0 aliphatic carbocycles. The molecule has 136 valence electrons. The fourth-order valence-corrected chi connectivity index (χ4v) is 6.12. The van der Waals surface area contributed by atoms with Gasteiger partial charge in [-0.25, -0.2) is 0 Å². The number of benzene rings is 3. The molecule has 28 heavy (non-hydrogen) atoms. The van der Waals surface area contributed by atoms with Crippen molar-refractivity contribution in [1.29, 1.82) is 0 Å². The van der Waals surface area contributed by atoms with Crippen LogP contribution in [0.25, 0.3) is 25.9 Å². The van der Waals surface area contributed by atoms with Crippen molar-refractivity contribution in [3.05, 3.63) is 82.8 Å². The number of thioether (sulfide) groups is 1. The van der Waals surface area contributed by atoms with E-state index in [9.17, 15) is 0 Å². The Bertz CT molecular complexity index is 1290. The molecule has 1 aliphatic rings. The second-order valence-corrected chi connectivity index (χ2v) is 8.64. The number of allylic oxidation sites excluding steroid dienone is 1. The SMILES string of the molecule is C=N/C(=C1/Sc2ccccc2C1=NCC)c1cccc2c1sc1ccccc12. The van der Waals surface area contributed by atoms with Crippen molar-refractivity contribution in [1.82, 2.24) is 0 Å². The minimum Gasteiger partial charge on any atom is -0.284 e. The molecule has 0 radical (unpaired) electrons. The smallest absolute Gasteiger partial charge is 0.0870 e. The van der Waals surface area contributed by atoms with Crippen molar-refractivity contribution in [2.24, 2.45) is 9.98 Å². The Kier molecular flexibility index (Phi) is 4.38. The Morgan fingerprint density at radius 2 is 1.71 bits per heavy atom. The number of hydrogen-bond donors (Lipinski definition) is 0. The maximum absolute atomic E-state index is 4.82. The molecule has 0 saturated carbocycles. The predicted molar refractivity (Wildman–Crippen MR) is 125 cm³/mol. The Hall–Kier alpha value is -2.69. The zero-order valence-electron chi connectivity index (χ0n) is 15.5. The van der Waals surface area contributed by atoms with E-state index >= 15 is 0 Å². The van der Waals surface area contributed by atoms with Crippen molar-refractivity contribution >= 4 is 61.4 Å². The average Bonchev–Trinajstić information content (AvgIpc) is 3.28. The van der Waals surface area contributed by atoms with Crippen LogP contribution >= 0.6 is 23.1 Å². The Labute approximate surface area is 172 Å². The first kappa shape index (κ1) is 17.4. The van der Waals surface area contributed by atoms with Gasteiger partial charge < -0.3 is 0 Å². The second kappa shape index (κ2) is 7.04. The van der Waals surface area contributed by atoms with Gasteiger partial charge in [-0.3, -0.25) is 9.98 Å². The van der Waals surface area contributed by atoms with Gasteiger partial charge in [0.25, 0.3) is 0 Å². The van der Waals surface area contributed by atoms with Crippen LogP contribution in [0.5, 0.6) is 0 Å². The quantitative estimate of drug-likeness (QED) is 0.340. The molecule has 2 heterocycles. The molecule has 3 aromatic carbocycles. The zero-order chi connectivity index (χ0) is 19.1. The van der Waals surface area contributed by atoms with Gasteiger partial charge in [0.1, 0.15) is 0 Å². The molecule has 1 aliphatic heterocycles. The van der Waals surface area contributed by atoms with E-state index in [0.29, 0.717) is 0 Å². The second-order valence-electron chi connectivity index (χ2n) is 6.54. The van der Waals surface area contributed by atoms with E-state index < -0.39 is 0 Å². The van der Waals surface area contributed by atoms with Crippen molar-refractivity contribution < 1.29 is 0 Å². The first-order chi connectivity index (χ1) is 13.8. The van der Waals surface area contributed by atoms with Gasteiger partial charge in [0.05, 0.1) is 16.3 Å². The Balaban J connectivity index is 1.80. The van der Waals surface area contributed by atoms with Gasteiger partial charge in [-0.2, -0.15) is 0 Å². The lowest BCUT2D eigenvalue weighted by molar-refractivity contribution is 1.13. The molecule has 4 heteroatoms. The monoisotopic (exact) mass is 398 g/mol. The van der Waals surface area contributed by atoms with Crippen LogP contribution in [0.3, 0.4) is 0 Å². The van der Waals surface area contributed by atoms with Gasteiger partial charge in [-0.05, 0) is 25.8 Å². The van der Waals surface area contributed by atoms with Crippen LogP contribution in [0.1, 0.15) is 18.1 Å². The van der Waals surface area contributed by atoms with Gasteiger partial charge in [-0.1, -0.05) is 66.4 Å². The third-order valence-corrected chi connectivity index (χ3v) is 7.30. The third kappa shape index (κ3) is 2.64. The molecule has 0 N–H and O–H groups in total. The van der Waals surface area contributed by atoms with Gasteiger partial charge in [0, 0.05) is 42.7 Å². The summed E-state index contributed by atoms with van der Waals surface area (Å²) in [6.45, 7) is 6.74. The van der Waals surface area contributed by atoms with Gasteiger partial charge in [0.2, 0.25) is 0 Å². The van der Waals surface area contributed by atoms with Crippen LogP contribution in [-0.2, 0) is 0 Å². The van der Waals surface area contributed by atoms with Crippen molar-refractivity contribution in [2.75, 3.05) is 6.54 Å². The maximum Gasteiger partial charge on any atom is 0.0870 e. The molecular formula is C24H18N2S2. The number of rotatable bonds is 3. The van der Waals surface area contributed by atoms with Crippen LogP contribution in [0.15, 0.2) is 86.5 Å². The largest absolute Gasteiger partial charge is 0.284 e. The summed E-state index contributed by atoms with van der Waals surface area (Å²) in [4.78, 5) is 11.7. The van der Waals surface area contributed by atoms with Crippen LogP contribution in [-0.4, -0.2) is 19.0 Å². The molecule has 0 spiro atoms. The standard InChI is InChI=1S/C24H18N2S2/c1-3-26-22-17-10-5-7-14-20(17)28-24(22)21(25-2)18-12-8-11-16-15-9-4-6-13-19(15)27-23(16)18/h4-14H,2-3H2,1H3/b24-21+,26-22?. The van der Waals surface area contributed by atoms with E-state index in [4.69, 9.17) is 4.99 Å². The molecule has 1 aromatic heterocycles. The summed E-state index contributed by atoms with van der Waals surface area (Å²) < 4.78 is 2.55. The summed E-state index contributed by atoms with van der Waals surface area (Å²) in [5, 5.41) is 2.57. The number of fused-ring (bicyclic) bond motifs is 4. The fourth-order valence-electron chi connectivity index (χ4n) is 3.72. The van der Waals surface area contributed by atoms with Crippen molar-refractivity contribution in [3.63, 3.8) is 0 Å². The summed E-state index contributed by atoms with van der Waals surface area (Å²) in [5.41, 5.74) is 4.27. The zero-order valence-corrected chi connectivity index (χ0v) is 17.1. The summed E-state index contributed by atoms with van der Waals surface area (Å²) in [6.07, 6.45) is 0. The van der Waals surface area contributed by atoms with Gasteiger partial charge >= 0.3 is 0 Å². The number of thiophene rings is 1. The summed E-state index contributed by atoms with van der Waals surface area (Å²) >= 11 is 3.57. The lowest BCUT2D eigenvalue weighted by atomic mass is 10.0. The van der Waals surface area contributed by atoms with Crippen molar-refractivity contribution in [2.45, 2.75) is 11.8 Å². The molecular weight excluding hydrogens is 380 g/mol. The van der Waals surface area contributed by atoms with Crippen LogP contribution in [0, 0.1) is 0 Å². The topological polar surface area (TPSA) is 24.7 Å². The first-order valence-electron chi connectivity index (χ1n) is 9.25. The minimum atomic E-state index is 0.741. The van der Waals surface area contributed by atoms with Crippen LogP contribution in [0.2, 0.25) is 0 Å². The lowest BCUT2D eigenvalue weighted by Gasteiger charge is -2.09. The molecule has 0 saturated heterocycles. The highest BCUT2D eigenvalue weighted by atomic mass is 32.2. The third-order valence-electron chi connectivity index (χ3n) is 4.92. The minimum absolute atomic E-state index is 0.741. The Morgan fingerprint density at radius 3 is 2.57 bits per heavy atom. The van der Waals surface area contributed by atoms with Gasteiger partial charge in [-0.15, -0.1) is 11.3 Å². The van der Waals surface area contributed by atoms with E-state index in [2.05, 4.69) is 85.4 Å². The van der Waals surface area contributed by atoms with E-state index in [1.807, 2.05) is 11.3 Å². The fraction of sp³-hybridized carbons (Fsp3) is 0.0833. The molecule has 2 nitrogen and oxygen atoms in total. The highest BCUT2D eigenvalue weighted by Crippen LogP contribution is 2.46. The average molecular weight is 399 g/mol. The predicted octanol–water partition coefficient (Wildman–Crippen LogP) is 7.04. The molecule has 0 fully saturated rings.